The van der Waals surface area contributed by atoms with Gasteiger partial charge in [-0.25, -0.2) is 0 Å². The maximum Gasteiger partial charge on any atom is 0.237 e. The van der Waals surface area contributed by atoms with Crippen LogP contribution in [0.1, 0.15) is 46.0 Å². The van der Waals surface area contributed by atoms with Crippen LogP contribution in [0.4, 0.5) is 0 Å². The van der Waals surface area contributed by atoms with Crippen molar-refractivity contribution in [3.63, 3.8) is 0 Å². The third-order valence-electron chi connectivity index (χ3n) is 3.45. The van der Waals surface area contributed by atoms with Crippen LogP contribution in [0, 0.1) is 11.8 Å². The summed E-state index contributed by atoms with van der Waals surface area (Å²) in [7, 11) is 0. The largest absolute Gasteiger partial charge is 0.396 e. The van der Waals surface area contributed by atoms with Gasteiger partial charge in [0.1, 0.15) is 0 Å². The predicted octanol–water partition coefficient (Wildman–Crippen LogP) is 1.03. The lowest BCUT2D eigenvalue weighted by Crippen LogP contribution is -2.47. The van der Waals surface area contributed by atoms with Crippen molar-refractivity contribution in [1.29, 1.82) is 0 Å². The van der Waals surface area contributed by atoms with Crippen molar-refractivity contribution in [3.05, 3.63) is 0 Å². The Labute approximate surface area is 104 Å². The van der Waals surface area contributed by atoms with E-state index in [9.17, 15) is 4.79 Å². The molecule has 1 aliphatic carbocycles. The summed E-state index contributed by atoms with van der Waals surface area (Å²) in [5, 5.41) is 12.1. The van der Waals surface area contributed by atoms with Crippen LogP contribution in [0.5, 0.6) is 0 Å². The lowest BCUT2D eigenvalue weighted by Gasteiger charge is -2.29. The fourth-order valence-corrected chi connectivity index (χ4v) is 2.51. The quantitative estimate of drug-likeness (QED) is 0.674. The zero-order chi connectivity index (χ0) is 12.8. The SMILES string of the molecule is CC(C)CC(N)C(=O)NC1CCCC(CO)C1. The zero-order valence-corrected chi connectivity index (χ0v) is 11.0. The minimum absolute atomic E-state index is 0.0395. The first-order valence-electron chi connectivity index (χ1n) is 6.69. The van der Waals surface area contributed by atoms with E-state index in [0.717, 1.165) is 32.1 Å². The minimum Gasteiger partial charge on any atom is -0.396 e. The molecule has 1 aliphatic rings. The second kappa shape index (κ2) is 6.97. The summed E-state index contributed by atoms with van der Waals surface area (Å²) in [5.41, 5.74) is 5.84. The normalized spacial score (nSPS) is 26.9. The smallest absolute Gasteiger partial charge is 0.237 e. The van der Waals surface area contributed by atoms with Gasteiger partial charge in [0, 0.05) is 12.6 Å². The van der Waals surface area contributed by atoms with Crippen LogP contribution in [0.25, 0.3) is 0 Å². The molecule has 4 nitrogen and oxygen atoms in total. The average Bonchev–Trinajstić information content (AvgIpc) is 2.28. The number of carbonyl (C=O) groups excluding carboxylic acids is 1. The number of nitrogens with two attached hydrogens (primary N) is 1. The van der Waals surface area contributed by atoms with Crippen LogP contribution in [-0.4, -0.2) is 29.7 Å². The van der Waals surface area contributed by atoms with Crippen LogP contribution >= 0.6 is 0 Å². The zero-order valence-electron chi connectivity index (χ0n) is 11.0. The van der Waals surface area contributed by atoms with Gasteiger partial charge >= 0.3 is 0 Å². The van der Waals surface area contributed by atoms with Gasteiger partial charge in [-0.15, -0.1) is 0 Å². The highest BCUT2D eigenvalue weighted by molar-refractivity contribution is 5.81. The number of carbonyl (C=O) groups is 1. The van der Waals surface area contributed by atoms with Crippen molar-refractivity contribution in [1.82, 2.24) is 5.32 Å². The number of nitrogens with one attached hydrogen (secondary N) is 1. The Balaban J connectivity index is 2.34. The van der Waals surface area contributed by atoms with E-state index < -0.39 is 6.04 Å². The van der Waals surface area contributed by atoms with E-state index in [4.69, 9.17) is 10.8 Å². The van der Waals surface area contributed by atoms with Crippen molar-refractivity contribution in [2.24, 2.45) is 17.6 Å². The second-order valence-electron chi connectivity index (χ2n) is 5.66. The fraction of sp³-hybridized carbons (Fsp3) is 0.923. The fourth-order valence-electron chi connectivity index (χ4n) is 2.51. The molecule has 3 atom stereocenters. The Bertz CT molecular complexity index is 244. The minimum atomic E-state index is -0.399. The van der Waals surface area contributed by atoms with E-state index in [0.29, 0.717) is 11.8 Å². The van der Waals surface area contributed by atoms with Gasteiger partial charge < -0.3 is 16.2 Å². The van der Waals surface area contributed by atoms with Crippen LogP contribution in [0.3, 0.4) is 0 Å². The Morgan fingerprint density at radius 2 is 2.18 bits per heavy atom. The molecule has 0 spiro atoms. The topological polar surface area (TPSA) is 75.4 Å². The number of aliphatic hydroxyl groups is 1. The molecule has 4 heteroatoms. The summed E-state index contributed by atoms with van der Waals surface area (Å²) < 4.78 is 0. The molecule has 0 aliphatic heterocycles. The molecular formula is C13H26N2O2. The monoisotopic (exact) mass is 242 g/mol. The lowest BCUT2D eigenvalue weighted by atomic mass is 9.86. The van der Waals surface area contributed by atoms with Crippen LogP contribution < -0.4 is 11.1 Å². The number of hydrogen-bond acceptors (Lipinski definition) is 3. The third kappa shape index (κ3) is 5.04. The maximum atomic E-state index is 11.8. The summed E-state index contributed by atoms with van der Waals surface area (Å²) in [4.78, 5) is 11.8. The van der Waals surface area contributed by atoms with Crippen LogP contribution in [-0.2, 0) is 4.79 Å². The Kier molecular flexibility index (Phi) is 5.92. The number of aliphatic hydroxyl groups excluding tert-OH is 1. The number of hydrogen-bond donors (Lipinski definition) is 3. The van der Waals surface area contributed by atoms with Crippen LogP contribution in [0.15, 0.2) is 0 Å². The first-order valence-corrected chi connectivity index (χ1v) is 6.69. The van der Waals surface area contributed by atoms with Gasteiger partial charge in [-0.3, -0.25) is 4.79 Å². The number of amides is 1. The molecule has 3 unspecified atom stereocenters. The average molecular weight is 242 g/mol. The molecule has 1 amide bonds. The summed E-state index contributed by atoms with van der Waals surface area (Å²) in [6.45, 7) is 4.36. The van der Waals surface area contributed by atoms with Crippen molar-refractivity contribution < 1.29 is 9.90 Å². The van der Waals surface area contributed by atoms with Gasteiger partial charge in [0.25, 0.3) is 0 Å². The molecule has 0 aromatic carbocycles. The van der Waals surface area contributed by atoms with E-state index in [2.05, 4.69) is 19.2 Å². The van der Waals surface area contributed by atoms with Crippen molar-refractivity contribution in [2.45, 2.75) is 58.0 Å². The predicted molar refractivity (Wildman–Crippen MR) is 68.4 cm³/mol. The van der Waals surface area contributed by atoms with Gasteiger partial charge in [-0.1, -0.05) is 20.3 Å². The Morgan fingerprint density at radius 3 is 2.76 bits per heavy atom. The highest BCUT2D eigenvalue weighted by Gasteiger charge is 2.24. The van der Waals surface area contributed by atoms with E-state index in [1.807, 2.05) is 0 Å². The molecule has 1 fully saturated rings. The molecule has 0 bridgehead atoms. The summed E-state index contributed by atoms with van der Waals surface area (Å²) in [5.74, 6) is 0.741. The molecular weight excluding hydrogens is 216 g/mol. The van der Waals surface area contributed by atoms with Gasteiger partial charge in [-0.05, 0) is 37.5 Å². The molecule has 0 saturated heterocycles. The summed E-state index contributed by atoms with van der Waals surface area (Å²) in [6.07, 6.45) is 4.77. The van der Waals surface area contributed by atoms with E-state index in [1.165, 1.54) is 0 Å². The van der Waals surface area contributed by atoms with Crippen LogP contribution in [0.2, 0.25) is 0 Å². The highest BCUT2D eigenvalue weighted by atomic mass is 16.3. The Morgan fingerprint density at radius 1 is 1.47 bits per heavy atom. The van der Waals surface area contributed by atoms with Crippen molar-refractivity contribution in [2.75, 3.05) is 6.61 Å². The third-order valence-corrected chi connectivity index (χ3v) is 3.45. The van der Waals surface area contributed by atoms with Gasteiger partial charge in [-0.2, -0.15) is 0 Å². The van der Waals surface area contributed by atoms with Gasteiger partial charge in [0.15, 0.2) is 0 Å². The van der Waals surface area contributed by atoms with Gasteiger partial charge in [0.05, 0.1) is 6.04 Å². The molecule has 0 aromatic rings. The molecule has 0 heterocycles. The van der Waals surface area contributed by atoms with Crippen molar-refractivity contribution in [3.8, 4) is 0 Å². The first kappa shape index (κ1) is 14.5. The highest BCUT2D eigenvalue weighted by Crippen LogP contribution is 2.23. The molecule has 4 N–H and O–H groups in total. The van der Waals surface area contributed by atoms with Crippen molar-refractivity contribution >= 4 is 5.91 Å². The molecule has 0 aromatic heterocycles. The van der Waals surface area contributed by atoms with E-state index >= 15 is 0 Å². The molecule has 1 rings (SSSR count). The second-order valence-corrected chi connectivity index (χ2v) is 5.66. The molecule has 17 heavy (non-hydrogen) atoms. The first-order chi connectivity index (χ1) is 8.02. The summed E-state index contributed by atoms with van der Waals surface area (Å²) >= 11 is 0. The lowest BCUT2D eigenvalue weighted by molar-refractivity contribution is -0.123. The molecule has 1 saturated carbocycles. The van der Waals surface area contributed by atoms with E-state index in [-0.39, 0.29) is 18.6 Å². The maximum absolute atomic E-state index is 11.8. The standard InChI is InChI=1S/C13H26N2O2/c1-9(2)6-12(14)13(17)15-11-5-3-4-10(7-11)8-16/h9-12,16H,3-8,14H2,1-2H3,(H,15,17). The number of rotatable bonds is 5. The summed E-state index contributed by atoms with van der Waals surface area (Å²) in [6, 6.07) is -0.198. The Hall–Kier alpha value is -0.610. The van der Waals surface area contributed by atoms with Gasteiger partial charge in [0.2, 0.25) is 5.91 Å². The van der Waals surface area contributed by atoms with E-state index in [1.54, 1.807) is 0 Å². The molecule has 0 radical (unpaired) electrons. The molecule has 100 valence electrons.